The van der Waals surface area contributed by atoms with E-state index in [0.29, 0.717) is 17.2 Å². The maximum atomic E-state index is 10.4. The third-order valence-corrected chi connectivity index (χ3v) is 4.52. The second kappa shape index (κ2) is 20.7. The molecule has 0 unspecified atom stereocenters. The number of aliphatic imine (C=N–C) groups is 1. The summed E-state index contributed by atoms with van der Waals surface area (Å²) in [6.45, 7) is 12.0. The second-order valence-corrected chi connectivity index (χ2v) is 5.81. The van der Waals surface area contributed by atoms with E-state index >= 15 is 0 Å². The molecule has 0 heterocycles. The molecular weight excluding hydrogens is 356 g/mol. The number of nitrogen functional groups attached to an aromatic ring is 1. The van der Waals surface area contributed by atoms with Crippen LogP contribution in [0, 0.1) is 0 Å². The number of nitrogens with two attached hydrogens (primary N) is 1. The average Bonchev–Trinajstić information content (AvgIpc) is 2.65. The number of hydrogen-bond donors (Lipinski definition) is 3. The Hall–Kier alpha value is -1.34. The number of nitrogens with zero attached hydrogens (tertiary/aromatic N) is 1. The van der Waals surface area contributed by atoms with E-state index in [-0.39, 0.29) is 12.2 Å². The highest BCUT2D eigenvalue weighted by atomic mass is 32.2. The van der Waals surface area contributed by atoms with Gasteiger partial charge >= 0.3 is 5.97 Å². The topological polar surface area (TPSA) is 95.9 Å². The molecule has 0 aliphatic rings. The normalized spacial score (nSPS) is 9.48. The zero-order chi connectivity index (χ0) is 20.3. The van der Waals surface area contributed by atoms with Crippen LogP contribution < -0.4 is 5.73 Å². The maximum absolute atomic E-state index is 10.4. The van der Waals surface area contributed by atoms with Gasteiger partial charge in [0.15, 0.2) is 0 Å². The van der Waals surface area contributed by atoms with Crippen LogP contribution in [-0.4, -0.2) is 39.8 Å². The summed E-state index contributed by atoms with van der Waals surface area (Å²) >= 11 is 2.89. The highest BCUT2D eigenvalue weighted by Gasteiger charge is 2.06. The van der Waals surface area contributed by atoms with E-state index in [4.69, 9.17) is 10.8 Å². The number of anilines is 1. The molecule has 4 N–H and O–H groups in total. The Labute approximate surface area is 161 Å². The molecule has 1 aromatic rings. The second-order valence-electron chi connectivity index (χ2n) is 3.62. The summed E-state index contributed by atoms with van der Waals surface area (Å²) in [7, 11) is 1.68. The highest BCUT2D eigenvalue weighted by molar-refractivity contribution is 8.16. The lowest BCUT2D eigenvalue weighted by Crippen LogP contribution is -2.02. The predicted octanol–water partition coefficient (Wildman–Crippen LogP) is 5.38. The summed E-state index contributed by atoms with van der Waals surface area (Å²) in [4.78, 5) is 15.3. The molecule has 5 nitrogen and oxygen atoms in total. The zero-order valence-corrected chi connectivity index (χ0v) is 18.1. The van der Waals surface area contributed by atoms with Crippen molar-refractivity contribution in [3.05, 3.63) is 18.2 Å². The minimum absolute atomic E-state index is 0.114. The first-order valence-electron chi connectivity index (χ1n) is 8.54. The molecule has 1 rings (SSSR count). The quantitative estimate of drug-likeness (QED) is 0.198. The zero-order valence-electron chi connectivity index (χ0n) is 16.5. The molecule has 0 saturated carbocycles. The van der Waals surface area contributed by atoms with Crippen molar-refractivity contribution in [2.75, 3.05) is 24.3 Å². The van der Waals surface area contributed by atoms with Gasteiger partial charge in [0, 0.05) is 29.1 Å². The Kier molecular flexibility index (Phi) is 23.6. The molecule has 0 bridgehead atoms. The fourth-order valence-electron chi connectivity index (χ4n) is 1.21. The lowest BCUT2D eigenvalue weighted by molar-refractivity contribution is -0.136. The summed E-state index contributed by atoms with van der Waals surface area (Å²) in [5, 5.41) is 18.8. The standard InChI is InChI=1S/C12H16N2O3S2.3C2H6/c1-14-11(18-5-4-12(16)17)7-19-10-6-8(15)2-3-9(10)13;3*1-2/h2-3,6,15H,4-5,7,13H2,1H3,(H,16,17);3*1-2H3. The maximum Gasteiger partial charge on any atom is 0.304 e. The SMILES string of the molecule is CC.CC.CC.CN=C(CSc1cc(O)ccc1N)SCCC(=O)O. The first kappa shape index (κ1) is 28.5. The Morgan fingerprint density at radius 3 is 2.20 bits per heavy atom. The van der Waals surface area contributed by atoms with Crippen LogP contribution in [0.3, 0.4) is 0 Å². The van der Waals surface area contributed by atoms with Gasteiger partial charge in [-0.05, 0) is 18.2 Å². The number of carbonyl (C=O) groups is 1. The first-order chi connectivity index (χ1) is 12.0. The average molecular weight is 391 g/mol. The Morgan fingerprint density at radius 2 is 1.72 bits per heavy atom. The number of rotatable bonds is 6. The monoisotopic (exact) mass is 390 g/mol. The molecule has 0 spiro atoms. The molecule has 0 aromatic heterocycles. The van der Waals surface area contributed by atoms with Gasteiger partial charge in [-0.25, -0.2) is 0 Å². The lowest BCUT2D eigenvalue weighted by atomic mass is 10.3. The number of phenolic OH excluding ortho intramolecular Hbond substituents is 1. The molecular formula is C18H34N2O3S2. The van der Waals surface area contributed by atoms with Crippen LogP contribution in [0.25, 0.3) is 0 Å². The fourth-order valence-corrected chi connectivity index (χ4v) is 3.21. The van der Waals surface area contributed by atoms with Crippen LogP contribution in [0.1, 0.15) is 48.0 Å². The van der Waals surface area contributed by atoms with Crippen molar-refractivity contribution in [3.8, 4) is 5.75 Å². The van der Waals surface area contributed by atoms with Gasteiger partial charge in [0.25, 0.3) is 0 Å². The summed E-state index contributed by atoms with van der Waals surface area (Å²) in [6, 6.07) is 4.79. The number of aromatic hydroxyl groups is 1. The van der Waals surface area contributed by atoms with Gasteiger partial charge in [-0.3, -0.25) is 9.79 Å². The van der Waals surface area contributed by atoms with Crippen molar-refractivity contribution in [2.24, 2.45) is 4.99 Å². The molecule has 0 saturated heterocycles. The number of carboxylic acid groups (broad SMARTS) is 1. The van der Waals surface area contributed by atoms with Gasteiger partial charge in [-0.1, -0.05) is 41.5 Å². The van der Waals surface area contributed by atoms with Crippen molar-refractivity contribution in [1.29, 1.82) is 0 Å². The molecule has 0 radical (unpaired) electrons. The summed E-state index contributed by atoms with van der Waals surface area (Å²) < 4.78 is 0. The van der Waals surface area contributed by atoms with E-state index < -0.39 is 5.97 Å². The van der Waals surface area contributed by atoms with Crippen LogP contribution in [-0.2, 0) is 4.79 Å². The van der Waals surface area contributed by atoms with Crippen molar-refractivity contribution in [2.45, 2.75) is 52.9 Å². The Bertz CT molecular complexity index is 481. The van der Waals surface area contributed by atoms with E-state index in [1.54, 1.807) is 19.2 Å². The third-order valence-electron chi connectivity index (χ3n) is 2.18. The highest BCUT2D eigenvalue weighted by Crippen LogP contribution is 2.29. The molecule has 0 fully saturated rings. The van der Waals surface area contributed by atoms with Crippen LogP contribution >= 0.6 is 23.5 Å². The third kappa shape index (κ3) is 15.9. The molecule has 7 heteroatoms. The van der Waals surface area contributed by atoms with E-state index in [1.165, 1.54) is 29.6 Å². The molecule has 0 amide bonds. The van der Waals surface area contributed by atoms with Gasteiger partial charge in [-0.2, -0.15) is 0 Å². The summed E-state index contributed by atoms with van der Waals surface area (Å²) in [5.41, 5.74) is 6.41. The summed E-state index contributed by atoms with van der Waals surface area (Å²) in [5.74, 6) is 0.463. The van der Waals surface area contributed by atoms with Gasteiger partial charge < -0.3 is 15.9 Å². The van der Waals surface area contributed by atoms with E-state index in [0.717, 1.165) is 9.94 Å². The molecule has 1 aromatic carbocycles. The molecule has 0 aliphatic heterocycles. The minimum atomic E-state index is -0.812. The predicted molar refractivity (Wildman–Crippen MR) is 115 cm³/mol. The van der Waals surface area contributed by atoms with Crippen LogP contribution in [0.4, 0.5) is 5.69 Å². The number of phenols is 1. The van der Waals surface area contributed by atoms with Crippen LogP contribution in [0.2, 0.25) is 0 Å². The van der Waals surface area contributed by atoms with E-state index in [9.17, 15) is 9.90 Å². The van der Waals surface area contributed by atoms with Crippen molar-refractivity contribution in [1.82, 2.24) is 0 Å². The van der Waals surface area contributed by atoms with E-state index in [1.807, 2.05) is 41.5 Å². The lowest BCUT2D eigenvalue weighted by Gasteiger charge is -2.07. The minimum Gasteiger partial charge on any atom is -0.508 e. The van der Waals surface area contributed by atoms with Crippen LogP contribution in [0.15, 0.2) is 28.1 Å². The number of aliphatic carboxylic acids is 1. The van der Waals surface area contributed by atoms with Crippen molar-refractivity contribution < 1.29 is 15.0 Å². The number of carboxylic acids is 1. The Balaban J connectivity index is -0.000000725. The molecule has 146 valence electrons. The number of thioether (sulfide) groups is 2. The van der Waals surface area contributed by atoms with Gasteiger partial charge in [0.2, 0.25) is 0 Å². The Morgan fingerprint density at radius 1 is 1.16 bits per heavy atom. The van der Waals surface area contributed by atoms with Gasteiger partial charge in [0.1, 0.15) is 5.75 Å². The number of benzene rings is 1. The van der Waals surface area contributed by atoms with Crippen LogP contribution in [0.5, 0.6) is 5.75 Å². The van der Waals surface area contributed by atoms with E-state index in [2.05, 4.69) is 4.99 Å². The molecule has 0 aliphatic carbocycles. The van der Waals surface area contributed by atoms with Crippen molar-refractivity contribution in [3.63, 3.8) is 0 Å². The van der Waals surface area contributed by atoms with Gasteiger partial charge in [0.05, 0.1) is 11.5 Å². The fraction of sp³-hybridized carbons (Fsp3) is 0.556. The summed E-state index contributed by atoms with van der Waals surface area (Å²) in [6.07, 6.45) is 0.114. The molecule has 0 atom stereocenters. The first-order valence-corrected chi connectivity index (χ1v) is 10.5. The van der Waals surface area contributed by atoms with Crippen molar-refractivity contribution >= 4 is 40.2 Å². The number of hydrogen-bond acceptors (Lipinski definition) is 6. The smallest absolute Gasteiger partial charge is 0.304 e. The van der Waals surface area contributed by atoms with Gasteiger partial charge in [-0.15, -0.1) is 23.5 Å². The largest absolute Gasteiger partial charge is 0.508 e. The molecule has 25 heavy (non-hydrogen) atoms.